The fraction of sp³-hybridized carbons (Fsp3) is 0.923. The van der Waals surface area contributed by atoms with E-state index in [2.05, 4.69) is 10.6 Å². The zero-order valence-electron chi connectivity index (χ0n) is 10.9. The molecule has 0 aromatic carbocycles. The Balaban J connectivity index is 1.93. The van der Waals surface area contributed by atoms with E-state index in [0.29, 0.717) is 11.8 Å². The molecule has 1 heterocycles. The molecule has 1 aliphatic carbocycles. The van der Waals surface area contributed by atoms with Crippen molar-refractivity contribution in [2.75, 3.05) is 33.2 Å². The van der Waals surface area contributed by atoms with Gasteiger partial charge in [0.05, 0.1) is 6.04 Å². The maximum atomic E-state index is 12.5. The van der Waals surface area contributed by atoms with Crippen LogP contribution >= 0.6 is 0 Å². The third kappa shape index (κ3) is 3.19. The monoisotopic (exact) mass is 239 g/mol. The Morgan fingerprint density at radius 1 is 1.24 bits per heavy atom. The second-order valence-electron chi connectivity index (χ2n) is 5.24. The number of piperazine rings is 1. The lowest BCUT2D eigenvalue weighted by Gasteiger charge is -2.35. The van der Waals surface area contributed by atoms with E-state index in [1.165, 1.54) is 32.1 Å². The topological polar surface area (TPSA) is 44.4 Å². The van der Waals surface area contributed by atoms with Gasteiger partial charge in [-0.3, -0.25) is 4.79 Å². The van der Waals surface area contributed by atoms with E-state index in [1.54, 1.807) is 0 Å². The molecule has 1 saturated heterocycles. The van der Waals surface area contributed by atoms with Crippen LogP contribution in [0, 0.1) is 5.92 Å². The number of carbonyl (C=O) groups excluding carboxylic acids is 1. The molecule has 2 rings (SSSR count). The molecule has 98 valence electrons. The van der Waals surface area contributed by atoms with Gasteiger partial charge in [0, 0.05) is 26.2 Å². The molecule has 2 fully saturated rings. The lowest BCUT2D eigenvalue weighted by Crippen LogP contribution is -2.54. The Hall–Kier alpha value is -0.610. The first-order valence-corrected chi connectivity index (χ1v) is 6.99. The molecule has 4 nitrogen and oxygen atoms in total. The second kappa shape index (κ2) is 6.36. The summed E-state index contributed by atoms with van der Waals surface area (Å²) in [5.74, 6) is 0.872. The first kappa shape index (κ1) is 12.8. The molecule has 1 amide bonds. The van der Waals surface area contributed by atoms with Gasteiger partial charge in [0.25, 0.3) is 0 Å². The van der Waals surface area contributed by atoms with Crippen molar-refractivity contribution in [3.05, 3.63) is 0 Å². The highest BCUT2D eigenvalue weighted by atomic mass is 16.2. The summed E-state index contributed by atoms with van der Waals surface area (Å²) in [7, 11) is 1.93. The number of hydrogen-bond donors (Lipinski definition) is 2. The average molecular weight is 239 g/mol. The van der Waals surface area contributed by atoms with Crippen LogP contribution in [-0.4, -0.2) is 50.1 Å². The highest BCUT2D eigenvalue weighted by Crippen LogP contribution is 2.27. The molecule has 2 aliphatic rings. The number of nitrogens with zero attached hydrogens (tertiary/aromatic N) is 1. The van der Waals surface area contributed by atoms with Crippen molar-refractivity contribution in [3.63, 3.8) is 0 Å². The van der Waals surface area contributed by atoms with Crippen LogP contribution in [0.1, 0.15) is 32.1 Å². The predicted octanol–water partition coefficient (Wildman–Crippen LogP) is 0.587. The van der Waals surface area contributed by atoms with E-state index >= 15 is 0 Å². The largest absolute Gasteiger partial charge is 0.339 e. The Bertz CT molecular complexity index is 245. The lowest BCUT2D eigenvalue weighted by atomic mass is 9.83. The van der Waals surface area contributed by atoms with E-state index in [1.807, 2.05) is 11.9 Å². The van der Waals surface area contributed by atoms with E-state index in [9.17, 15) is 4.79 Å². The van der Waals surface area contributed by atoms with Crippen molar-refractivity contribution >= 4 is 5.91 Å². The lowest BCUT2D eigenvalue weighted by molar-refractivity contribution is -0.135. The molecule has 0 spiro atoms. The van der Waals surface area contributed by atoms with E-state index < -0.39 is 0 Å². The predicted molar refractivity (Wildman–Crippen MR) is 68.9 cm³/mol. The molecule has 0 bridgehead atoms. The number of rotatable bonds is 3. The summed E-state index contributed by atoms with van der Waals surface area (Å²) in [6.45, 7) is 3.60. The van der Waals surface area contributed by atoms with Crippen molar-refractivity contribution in [2.45, 2.75) is 38.1 Å². The van der Waals surface area contributed by atoms with E-state index in [-0.39, 0.29) is 6.04 Å². The summed E-state index contributed by atoms with van der Waals surface area (Å²) in [6.07, 6.45) is 6.34. The van der Waals surface area contributed by atoms with Crippen molar-refractivity contribution in [2.24, 2.45) is 5.92 Å². The summed E-state index contributed by atoms with van der Waals surface area (Å²) in [5, 5.41) is 6.55. The first-order valence-electron chi connectivity index (χ1n) is 6.99. The van der Waals surface area contributed by atoms with Crippen LogP contribution in [0.4, 0.5) is 0 Å². The molecule has 17 heavy (non-hydrogen) atoms. The molecular formula is C13H25N3O. The summed E-state index contributed by atoms with van der Waals surface area (Å²) < 4.78 is 0. The molecule has 1 saturated carbocycles. The second-order valence-corrected chi connectivity index (χ2v) is 5.24. The normalized spacial score (nSPS) is 24.6. The van der Waals surface area contributed by atoms with Crippen molar-refractivity contribution < 1.29 is 4.79 Å². The summed E-state index contributed by atoms with van der Waals surface area (Å²) in [4.78, 5) is 14.5. The van der Waals surface area contributed by atoms with Gasteiger partial charge in [-0.25, -0.2) is 0 Å². The number of nitrogens with one attached hydrogen (secondary N) is 2. The minimum atomic E-state index is 0.0494. The zero-order valence-corrected chi connectivity index (χ0v) is 10.9. The standard InChI is InChI=1S/C13H25N3O/c1-14-12(11-5-3-2-4-6-11)13(17)16-9-7-15-8-10-16/h11-12,14-15H,2-10H2,1H3/t12-/m0/s1. The number of hydrogen-bond acceptors (Lipinski definition) is 3. The van der Waals surface area contributed by atoms with Gasteiger partial charge >= 0.3 is 0 Å². The van der Waals surface area contributed by atoms with Crippen LogP contribution in [0.2, 0.25) is 0 Å². The highest BCUT2D eigenvalue weighted by Gasteiger charge is 2.31. The Labute approximate surface area is 104 Å². The molecule has 4 heteroatoms. The van der Waals surface area contributed by atoms with Crippen LogP contribution in [0.5, 0.6) is 0 Å². The van der Waals surface area contributed by atoms with Crippen molar-refractivity contribution in [1.29, 1.82) is 0 Å². The van der Waals surface area contributed by atoms with Crippen LogP contribution in [0.15, 0.2) is 0 Å². The van der Waals surface area contributed by atoms with Gasteiger partial charge in [0.15, 0.2) is 0 Å². The Morgan fingerprint density at radius 2 is 1.88 bits per heavy atom. The van der Waals surface area contributed by atoms with Crippen molar-refractivity contribution in [3.8, 4) is 0 Å². The van der Waals surface area contributed by atoms with Gasteiger partial charge in [0.2, 0.25) is 5.91 Å². The average Bonchev–Trinajstić information content (AvgIpc) is 2.42. The van der Waals surface area contributed by atoms with Gasteiger partial charge in [-0.15, -0.1) is 0 Å². The van der Waals surface area contributed by atoms with Crippen molar-refractivity contribution in [1.82, 2.24) is 15.5 Å². The molecular weight excluding hydrogens is 214 g/mol. The zero-order chi connectivity index (χ0) is 12.1. The maximum absolute atomic E-state index is 12.5. The summed E-state index contributed by atoms with van der Waals surface area (Å²) in [6, 6.07) is 0.0494. The van der Waals surface area contributed by atoms with Crippen LogP contribution in [0.25, 0.3) is 0 Å². The quantitative estimate of drug-likeness (QED) is 0.757. The van der Waals surface area contributed by atoms with Crippen LogP contribution in [0.3, 0.4) is 0 Å². The smallest absolute Gasteiger partial charge is 0.240 e. The molecule has 1 atom stereocenters. The first-order chi connectivity index (χ1) is 8.33. The fourth-order valence-corrected chi connectivity index (χ4v) is 3.11. The van der Waals surface area contributed by atoms with E-state index in [0.717, 1.165) is 26.2 Å². The Morgan fingerprint density at radius 3 is 2.47 bits per heavy atom. The van der Waals surface area contributed by atoms with Gasteiger partial charge in [-0.05, 0) is 25.8 Å². The van der Waals surface area contributed by atoms with Gasteiger partial charge in [-0.2, -0.15) is 0 Å². The van der Waals surface area contributed by atoms with Gasteiger partial charge in [0.1, 0.15) is 0 Å². The van der Waals surface area contributed by atoms with Gasteiger partial charge in [-0.1, -0.05) is 19.3 Å². The molecule has 0 radical (unpaired) electrons. The third-order valence-corrected chi connectivity index (χ3v) is 4.13. The summed E-state index contributed by atoms with van der Waals surface area (Å²) >= 11 is 0. The number of amides is 1. The third-order valence-electron chi connectivity index (χ3n) is 4.13. The molecule has 0 aromatic rings. The highest BCUT2D eigenvalue weighted by molar-refractivity contribution is 5.82. The molecule has 1 aliphatic heterocycles. The minimum Gasteiger partial charge on any atom is -0.339 e. The van der Waals surface area contributed by atoms with Gasteiger partial charge < -0.3 is 15.5 Å². The number of likely N-dealkylation sites (N-methyl/N-ethyl adjacent to an activating group) is 1. The SMILES string of the molecule is CN[C@H](C(=O)N1CCNCC1)C1CCCCC1. The summed E-state index contributed by atoms with van der Waals surface area (Å²) in [5.41, 5.74) is 0. The molecule has 0 unspecified atom stereocenters. The molecule has 0 aromatic heterocycles. The fourth-order valence-electron chi connectivity index (χ4n) is 3.11. The Kier molecular flexibility index (Phi) is 4.80. The number of carbonyl (C=O) groups is 1. The van der Waals surface area contributed by atoms with Crippen LogP contribution in [-0.2, 0) is 4.79 Å². The van der Waals surface area contributed by atoms with E-state index in [4.69, 9.17) is 0 Å². The van der Waals surface area contributed by atoms with Crippen LogP contribution < -0.4 is 10.6 Å². The maximum Gasteiger partial charge on any atom is 0.240 e. The minimum absolute atomic E-state index is 0.0494. The molecule has 2 N–H and O–H groups in total.